The third-order valence-corrected chi connectivity index (χ3v) is 6.42. The van der Waals surface area contributed by atoms with Gasteiger partial charge in [-0.05, 0) is 25.0 Å². The van der Waals surface area contributed by atoms with E-state index in [2.05, 4.69) is 4.72 Å². The molecule has 1 aliphatic carbocycles. The van der Waals surface area contributed by atoms with Crippen molar-refractivity contribution in [1.29, 1.82) is 5.26 Å². The summed E-state index contributed by atoms with van der Waals surface area (Å²) < 4.78 is 26.8. The Morgan fingerprint density at radius 2 is 2.00 bits per heavy atom. The monoisotopic (exact) mass is 314 g/mol. The first-order chi connectivity index (χ1) is 9.39. The molecule has 6 nitrogen and oxygen atoms in total. The zero-order valence-electron chi connectivity index (χ0n) is 10.6. The molecule has 0 unspecified atom stereocenters. The van der Waals surface area contributed by atoms with Crippen LogP contribution in [0.4, 0.5) is 0 Å². The van der Waals surface area contributed by atoms with Crippen LogP contribution in [0.25, 0.3) is 0 Å². The first-order valence-electron chi connectivity index (χ1n) is 6.17. The minimum absolute atomic E-state index is 0.0275. The molecule has 20 heavy (non-hydrogen) atoms. The van der Waals surface area contributed by atoms with Crippen LogP contribution in [0.15, 0.2) is 16.3 Å². The molecule has 0 amide bonds. The fourth-order valence-electron chi connectivity index (χ4n) is 2.35. The Balaban J connectivity index is 2.30. The smallest absolute Gasteiger partial charge is 0.324 e. The van der Waals surface area contributed by atoms with Crippen molar-refractivity contribution < 1.29 is 18.3 Å². The third-order valence-electron chi connectivity index (χ3n) is 3.40. The number of rotatable bonds is 4. The van der Waals surface area contributed by atoms with Gasteiger partial charge in [-0.1, -0.05) is 19.3 Å². The van der Waals surface area contributed by atoms with Crippen LogP contribution in [-0.2, 0) is 14.8 Å². The summed E-state index contributed by atoms with van der Waals surface area (Å²) in [6, 6.07) is 4.60. The summed E-state index contributed by atoms with van der Waals surface area (Å²) in [6.45, 7) is 0. The molecule has 0 radical (unpaired) electrons. The molecule has 8 heteroatoms. The second-order valence-corrected chi connectivity index (χ2v) is 7.78. The number of nitriles is 1. The number of hydrogen-bond acceptors (Lipinski definition) is 5. The predicted molar refractivity (Wildman–Crippen MR) is 72.8 cm³/mol. The Hall–Kier alpha value is -1.43. The molecule has 2 N–H and O–H groups in total. The normalized spacial score (nSPS) is 18.4. The van der Waals surface area contributed by atoms with E-state index in [9.17, 15) is 18.3 Å². The van der Waals surface area contributed by atoms with Gasteiger partial charge in [0, 0.05) is 0 Å². The summed E-state index contributed by atoms with van der Waals surface area (Å²) in [4.78, 5) is 11.7. The maximum Gasteiger partial charge on any atom is 0.324 e. The van der Waals surface area contributed by atoms with E-state index in [0.717, 1.165) is 17.8 Å². The van der Waals surface area contributed by atoms with Crippen molar-refractivity contribution in [2.24, 2.45) is 0 Å². The number of carboxylic acid groups (broad SMARTS) is 1. The molecule has 2 rings (SSSR count). The molecule has 1 heterocycles. The number of sulfonamides is 1. The molecule has 1 fully saturated rings. The minimum atomic E-state index is -3.92. The van der Waals surface area contributed by atoms with Crippen LogP contribution in [0.5, 0.6) is 0 Å². The van der Waals surface area contributed by atoms with Crippen molar-refractivity contribution in [2.75, 3.05) is 0 Å². The van der Waals surface area contributed by atoms with Gasteiger partial charge < -0.3 is 5.11 Å². The van der Waals surface area contributed by atoms with Crippen LogP contribution in [0.2, 0.25) is 0 Å². The number of carboxylic acids is 1. The summed E-state index contributed by atoms with van der Waals surface area (Å²) in [5.41, 5.74) is -1.42. The Labute approximate surface area is 121 Å². The minimum Gasteiger partial charge on any atom is -0.480 e. The molecule has 0 aromatic carbocycles. The van der Waals surface area contributed by atoms with E-state index >= 15 is 0 Å². The van der Waals surface area contributed by atoms with Crippen molar-refractivity contribution in [3.8, 4) is 6.07 Å². The first kappa shape index (κ1) is 15.0. The molecule has 0 spiro atoms. The molecular weight excluding hydrogens is 300 g/mol. The molecule has 108 valence electrons. The molecule has 1 saturated carbocycles. The fraction of sp³-hybridized carbons (Fsp3) is 0.500. The van der Waals surface area contributed by atoms with Crippen molar-refractivity contribution in [2.45, 2.75) is 41.9 Å². The van der Waals surface area contributed by atoms with Gasteiger partial charge in [-0.25, -0.2) is 8.42 Å². The largest absolute Gasteiger partial charge is 0.480 e. The number of thiophene rings is 1. The van der Waals surface area contributed by atoms with E-state index in [1.807, 2.05) is 6.07 Å². The lowest BCUT2D eigenvalue weighted by Crippen LogP contribution is -2.55. The first-order valence-corrected chi connectivity index (χ1v) is 8.47. The zero-order valence-corrected chi connectivity index (χ0v) is 12.3. The van der Waals surface area contributed by atoms with Gasteiger partial charge in [-0.15, -0.1) is 11.3 Å². The van der Waals surface area contributed by atoms with Crippen molar-refractivity contribution in [3.63, 3.8) is 0 Å². The van der Waals surface area contributed by atoms with Crippen molar-refractivity contribution >= 4 is 27.3 Å². The summed E-state index contributed by atoms with van der Waals surface area (Å²) in [6.07, 6.45) is 2.86. The predicted octanol–water partition coefficient (Wildman–Crippen LogP) is 1.69. The van der Waals surface area contributed by atoms with Crippen LogP contribution < -0.4 is 4.72 Å². The average Bonchev–Trinajstić information content (AvgIpc) is 2.88. The highest BCUT2D eigenvalue weighted by molar-refractivity contribution is 7.91. The van der Waals surface area contributed by atoms with Crippen molar-refractivity contribution in [1.82, 2.24) is 4.72 Å². The fourth-order valence-corrected chi connectivity index (χ4v) is 4.87. The van der Waals surface area contributed by atoms with Gasteiger partial charge in [0.15, 0.2) is 0 Å². The van der Waals surface area contributed by atoms with Crippen LogP contribution >= 0.6 is 11.3 Å². The van der Waals surface area contributed by atoms with Crippen molar-refractivity contribution in [3.05, 3.63) is 17.0 Å². The van der Waals surface area contributed by atoms with Gasteiger partial charge in [-0.3, -0.25) is 4.79 Å². The van der Waals surface area contributed by atoms with E-state index in [1.54, 1.807) is 0 Å². The van der Waals surface area contributed by atoms with Gasteiger partial charge in [0.2, 0.25) is 0 Å². The number of nitrogens with one attached hydrogen (secondary N) is 1. The lowest BCUT2D eigenvalue weighted by molar-refractivity contribution is -0.145. The molecule has 0 bridgehead atoms. The van der Waals surface area contributed by atoms with Crippen LogP contribution in [0, 0.1) is 11.3 Å². The van der Waals surface area contributed by atoms with E-state index in [1.165, 1.54) is 12.1 Å². The Bertz CT molecular complexity index is 651. The summed E-state index contributed by atoms with van der Waals surface area (Å²) in [7, 11) is -3.92. The Morgan fingerprint density at radius 3 is 2.50 bits per heavy atom. The average molecular weight is 314 g/mol. The molecule has 0 saturated heterocycles. The van der Waals surface area contributed by atoms with E-state index in [0.29, 0.717) is 12.8 Å². The van der Waals surface area contributed by atoms with Gasteiger partial charge in [-0.2, -0.15) is 9.98 Å². The van der Waals surface area contributed by atoms with Gasteiger partial charge in [0.05, 0.1) is 0 Å². The second kappa shape index (κ2) is 5.52. The van der Waals surface area contributed by atoms with Crippen LogP contribution in [-0.4, -0.2) is 25.0 Å². The highest BCUT2D eigenvalue weighted by atomic mass is 32.2. The topological polar surface area (TPSA) is 107 Å². The number of hydrogen-bond donors (Lipinski definition) is 2. The van der Waals surface area contributed by atoms with Gasteiger partial charge >= 0.3 is 5.97 Å². The van der Waals surface area contributed by atoms with E-state index < -0.39 is 21.5 Å². The Morgan fingerprint density at radius 1 is 1.35 bits per heavy atom. The molecule has 1 aliphatic rings. The lowest BCUT2D eigenvalue weighted by Gasteiger charge is -2.33. The molecule has 0 atom stereocenters. The third kappa shape index (κ3) is 2.85. The molecular formula is C12H14N2O4S2. The van der Waals surface area contributed by atoms with Gasteiger partial charge in [0.1, 0.15) is 20.7 Å². The SMILES string of the molecule is N#Cc1ccc(S(=O)(=O)NC2(C(=O)O)CCCCC2)s1. The van der Waals surface area contributed by atoms with E-state index in [4.69, 9.17) is 5.26 Å². The molecule has 0 aliphatic heterocycles. The van der Waals surface area contributed by atoms with E-state index in [-0.39, 0.29) is 21.9 Å². The van der Waals surface area contributed by atoms with Crippen LogP contribution in [0.3, 0.4) is 0 Å². The summed E-state index contributed by atoms with van der Waals surface area (Å²) in [5.74, 6) is -1.14. The molecule has 1 aromatic heterocycles. The summed E-state index contributed by atoms with van der Waals surface area (Å²) >= 11 is 0.834. The summed E-state index contributed by atoms with van der Waals surface area (Å²) in [5, 5.41) is 18.1. The Kier molecular flexibility index (Phi) is 4.13. The zero-order chi connectivity index (χ0) is 14.8. The number of carbonyl (C=O) groups is 1. The lowest BCUT2D eigenvalue weighted by atomic mass is 9.83. The maximum atomic E-state index is 12.3. The van der Waals surface area contributed by atoms with Crippen LogP contribution in [0.1, 0.15) is 37.0 Å². The van der Waals surface area contributed by atoms with Gasteiger partial charge in [0.25, 0.3) is 10.0 Å². The number of aliphatic carboxylic acids is 1. The maximum absolute atomic E-state index is 12.3. The highest BCUT2D eigenvalue weighted by Crippen LogP contribution is 2.31. The molecule has 1 aromatic rings. The number of nitrogens with zero attached hydrogens (tertiary/aromatic N) is 1. The quantitative estimate of drug-likeness (QED) is 0.879. The second-order valence-electron chi connectivity index (χ2n) is 4.78. The highest BCUT2D eigenvalue weighted by Gasteiger charge is 2.43. The standard InChI is InChI=1S/C12H14N2O4S2/c13-8-9-4-5-10(19-9)20(17,18)14-12(11(15)16)6-2-1-3-7-12/h4-5,14H,1-3,6-7H2,(H,15,16).